The highest BCUT2D eigenvalue weighted by Gasteiger charge is 2.15. The van der Waals surface area contributed by atoms with Crippen LogP contribution in [-0.2, 0) is 11.3 Å². The summed E-state index contributed by atoms with van der Waals surface area (Å²) in [4.78, 5) is 21.0. The Morgan fingerprint density at radius 1 is 1.26 bits per heavy atom. The third-order valence-electron chi connectivity index (χ3n) is 3.50. The lowest BCUT2D eigenvalue weighted by molar-refractivity contribution is -0.121. The summed E-state index contributed by atoms with van der Waals surface area (Å²) in [7, 11) is 0. The lowest BCUT2D eigenvalue weighted by Gasteiger charge is -2.09. The van der Waals surface area contributed by atoms with Gasteiger partial charge in [-0.05, 0) is 42.8 Å². The zero-order valence-electron chi connectivity index (χ0n) is 12.8. The topological polar surface area (TPSA) is 59.8 Å². The molecule has 23 heavy (non-hydrogen) atoms. The molecule has 5 nitrogen and oxygen atoms in total. The molecule has 0 spiro atoms. The van der Waals surface area contributed by atoms with E-state index in [0.717, 1.165) is 17.5 Å². The summed E-state index contributed by atoms with van der Waals surface area (Å²) >= 11 is 5.96. The van der Waals surface area contributed by atoms with E-state index in [1.165, 1.54) is 0 Å². The number of nitrogens with zero attached hydrogens (tertiary/aromatic N) is 3. The van der Waals surface area contributed by atoms with Crippen LogP contribution in [0.2, 0.25) is 5.02 Å². The van der Waals surface area contributed by atoms with E-state index in [4.69, 9.17) is 11.6 Å². The number of pyridine rings is 1. The second-order valence-electron chi connectivity index (χ2n) is 5.22. The monoisotopic (exact) mass is 328 g/mol. The molecular formula is C17H17ClN4O. The molecule has 6 heteroatoms. The van der Waals surface area contributed by atoms with E-state index in [0.29, 0.717) is 23.0 Å². The van der Waals surface area contributed by atoms with Gasteiger partial charge in [0.25, 0.3) is 0 Å². The Morgan fingerprint density at radius 3 is 2.78 bits per heavy atom. The summed E-state index contributed by atoms with van der Waals surface area (Å²) in [5.74, 6) is 0.673. The van der Waals surface area contributed by atoms with Crippen molar-refractivity contribution in [3.8, 4) is 11.4 Å². The first-order chi connectivity index (χ1) is 11.2. The number of carbonyl (C=O) groups excluding carboxylic acids is 1. The molecular weight excluding hydrogens is 312 g/mol. The van der Waals surface area contributed by atoms with Crippen LogP contribution in [-0.4, -0.2) is 27.0 Å². The minimum atomic E-state index is -0.0368. The van der Waals surface area contributed by atoms with E-state index in [9.17, 15) is 4.79 Å². The van der Waals surface area contributed by atoms with E-state index in [1.807, 2.05) is 47.9 Å². The number of carbonyl (C=O) groups is 1. The summed E-state index contributed by atoms with van der Waals surface area (Å²) < 4.78 is 1.89. The lowest BCUT2D eigenvalue weighted by atomic mass is 10.2. The molecule has 0 radical (unpaired) electrons. The smallest absolute Gasteiger partial charge is 0.240 e. The van der Waals surface area contributed by atoms with Crippen molar-refractivity contribution in [3.63, 3.8) is 0 Å². The molecule has 1 aromatic carbocycles. The Kier molecular flexibility index (Phi) is 4.57. The summed E-state index contributed by atoms with van der Waals surface area (Å²) in [6.07, 6.45) is 2.60. The molecule has 1 amide bonds. The van der Waals surface area contributed by atoms with E-state index in [-0.39, 0.29) is 12.5 Å². The van der Waals surface area contributed by atoms with Crippen LogP contribution in [0.3, 0.4) is 0 Å². The molecule has 0 aliphatic carbocycles. The van der Waals surface area contributed by atoms with E-state index >= 15 is 0 Å². The molecule has 0 atom stereocenters. The maximum Gasteiger partial charge on any atom is 0.240 e. The maximum absolute atomic E-state index is 12.1. The largest absolute Gasteiger partial charge is 0.355 e. The number of halogens is 1. The van der Waals surface area contributed by atoms with Crippen LogP contribution in [0.5, 0.6) is 0 Å². The molecule has 0 aliphatic heterocycles. The SMILES string of the molecule is CCCNC(=O)Cn1c(-c2ccc(Cl)cc2)nc2ncccc21. The van der Waals surface area contributed by atoms with Gasteiger partial charge in [0.2, 0.25) is 5.91 Å². The summed E-state index contributed by atoms with van der Waals surface area (Å²) in [5.41, 5.74) is 2.36. The Hall–Kier alpha value is -2.40. The van der Waals surface area contributed by atoms with Crippen molar-refractivity contribution in [2.75, 3.05) is 6.54 Å². The van der Waals surface area contributed by atoms with Crippen LogP contribution in [0, 0.1) is 0 Å². The second kappa shape index (κ2) is 6.79. The predicted molar refractivity (Wildman–Crippen MR) is 91.3 cm³/mol. The first kappa shape index (κ1) is 15.5. The minimum Gasteiger partial charge on any atom is -0.355 e. The van der Waals surface area contributed by atoms with Crippen molar-refractivity contribution in [3.05, 3.63) is 47.6 Å². The molecule has 0 aliphatic rings. The molecule has 3 aromatic rings. The normalized spacial score (nSPS) is 10.9. The summed E-state index contributed by atoms with van der Waals surface area (Å²) in [6.45, 7) is 2.90. The highest BCUT2D eigenvalue weighted by molar-refractivity contribution is 6.30. The fourth-order valence-corrected chi connectivity index (χ4v) is 2.53. The number of hydrogen-bond acceptors (Lipinski definition) is 3. The van der Waals surface area contributed by atoms with Crippen LogP contribution in [0.15, 0.2) is 42.6 Å². The van der Waals surface area contributed by atoms with Crippen LogP contribution in [0.1, 0.15) is 13.3 Å². The van der Waals surface area contributed by atoms with Gasteiger partial charge in [0.1, 0.15) is 12.4 Å². The van der Waals surface area contributed by atoms with Crippen LogP contribution in [0.25, 0.3) is 22.6 Å². The molecule has 118 valence electrons. The average molecular weight is 329 g/mol. The molecule has 2 aromatic heterocycles. The molecule has 0 unspecified atom stereocenters. The number of aromatic nitrogens is 3. The Bertz CT molecular complexity index is 826. The van der Waals surface area contributed by atoms with Crippen molar-refractivity contribution >= 4 is 28.7 Å². The van der Waals surface area contributed by atoms with Gasteiger partial charge in [-0.25, -0.2) is 9.97 Å². The van der Waals surface area contributed by atoms with Crippen LogP contribution < -0.4 is 5.32 Å². The molecule has 0 saturated carbocycles. The van der Waals surface area contributed by atoms with Crippen molar-refractivity contribution in [2.24, 2.45) is 0 Å². The average Bonchev–Trinajstić information content (AvgIpc) is 2.92. The highest BCUT2D eigenvalue weighted by atomic mass is 35.5. The first-order valence-corrected chi connectivity index (χ1v) is 7.90. The van der Waals surface area contributed by atoms with E-state index < -0.39 is 0 Å². The molecule has 3 rings (SSSR count). The predicted octanol–water partition coefficient (Wildman–Crippen LogP) is 3.28. The first-order valence-electron chi connectivity index (χ1n) is 7.53. The second-order valence-corrected chi connectivity index (χ2v) is 5.66. The fourth-order valence-electron chi connectivity index (χ4n) is 2.40. The van der Waals surface area contributed by atoms with Gasteiger partial charge in [-0.3, -0.25) is 4.79 Å². The maximum atomic E-state index is 12.1. The minimum absolute atomic E-state index is 0.0368. The van der Waals surface area contributed by atoms with Gasteiger partial charge >= 0.3 is 0 Å². The summed E-state index contributed by atoms with van der Waals surface area (Å²) in [5, 5.41) is 3.56. The van der Waals surface area contributed by atoms with Gasteiger partial charge < -0.3 is 9.88 Å². The van der Waals surface area contributed by atoms with Gasteiger partial charge in [-0.2, -0.15) is 0 Å². The Morgan fingerprint density at radius 2 is 2.04 bits per heavy atom. The highest BCUT2D eigenvalue weighted by Crippen LogP contribution is 2.25. The number of hydrogen-bond donors (Lipinski definition) is 1. The van der Waals surface area contributed by atoms with Gasteiger partial charge in [-0.1, -0.05) is 18.5 Å². The standard InChI is InChI=1S/C17H17ClN4O/c1-2-9-19-15(23)11-22-14-4-3-10-20-16(14)21-17(22)12-5-7-13(18)8-6-12/h3-8,10H,2,9,11H2,1H3,(H,19,23). The number of amides is 1. The van der Waals surface area contributed by atoms with Crippen molar-refractivity contribution < 1.29 is 4.79 Å². The molecule has 1 N–H and O–H groups in total. The number of imidazole rings is 1. The van der Waals surface area contributed by atoms with Crippen molar-refractivity contribution in [1.29, 1.82) is 0 Å². The van der Waals surface area contributed by atoms with Gasteiger partial charge in [0, 0.05) is 23.3 Å². The van der Waals surface area contributed by atoms with Crippen LogP contribution in [0.4, 0.5) is 0 Å². The lowest BCUT2D eigenvalue weighted by Crippen LogP contribution is -2.28. The van der Waals surface area contributed by atoms with Crippen molar-refractivity contribution in [1.82, 2.24) is 19.9 Å². The fraction of sp³-hybridized carbons (Fsp3) is 0.235. The zero-order valence-corrected chi connectivity index (χ0v) is 13.5. The van der Waals surface area contributed by atoms with Crippen LogP contribution >= 0.6 is 11.6 Å². The molecule has 0 saturated heterocycles. The molecule has 2 heterocycles. The van der Waals surface area contributed by atoms with E-state index in [1.54, 1.807) is 6.20 Å². The zero-order chi connectivity index (χ0) is 16.2. The number of benzene rings is 1. The Labute approximate surface area is 139 Å². The third kappa shape index (κ3) is 3.35. The number of rotatable bonds is 5. The van der Waals surface area contributed by atoms with Crippen molar-refractivity contribution in [2.45, 2.75) is 19.9 Å². The third-order valence-corrected chi connectivity index (χ3v) is 3.75. The quantitative estimate of drug-likeness (QED) is 0.782. The van der Waals surface area contributed by atoms with Gasteiger partial charge in [-0.15, -0.1) is 0 Å². The van der Waals surface area contributed by atoms with E-state index in [2.05, 4.69) is 15.3 Å². The van der Waals surface area contributed by atoms with Gasteiger partial charge in [0.05, 0.1) is 5.52 Å². The molecule has 0 fully saturated rings. The molecule has 0 bridgehead atoms. The number of nitrogens with one attached hydrogen (secondary N) is 1. The van der Waals surface area contributed by atoms with Gasteiger partial charge in [0.15, 0.2) is 5.65 Å². The number of fused-ring (bicyclic) bond motifs is 1. The summed E-state index contributed by atoms with van der Waals surface area (Å²) in [6, 6.07) is 11.2. The Balaban J connectivity index is 2.04.